The van der Waals surface area contributed by atoms with Crippen LogP contribution < -0.4 is 4.74 Å². The summed E-state index contributed by atoms with van der Waals surface area (Å²) < 4.78 is 10.5. The van der Waals surface area contributed by atoms with Gasteiger partial charge in [-0.3, -0.25) is 0 Å². The molecule has 0 atom stereocenters. The van der Waals surface area contributed by atoms with Gasteiger partial charge in [0.1, 0.15) is 0 Å². The zero-order valence-corrected chi connectivity index (χ0v) is 10.1. The standard InChI is InChI=1S/C11H12ClN3O2/c1-2-4-9-14-10(17-15-9)7-16-8-5-3-6-13-11(8)12/h3,5-6H,2,4,7H2,1H3. The van der Waals surface area contributed by atoms with Crippen LogP contribution in [0.4, 0.5) is 0 Å². The van der Waals surface area contributed by atoms with E-state index in [0.717, 1.165) is 12.8 Å². The lowest BCUT2D eigenvalue weighted by atomic mass is 10.3. The van der Waals surface area contributed by atoms with Crippen molar-refractivity contribution < 1.29 is 9.26 Å². The van der Waals surface area contributed by atoms with Gasteiger partial charge in [0, 0.05) is 12.6 Å². The molecule has 2 aromatic rings. The Morgan fingerprint density at radius 1 is 1.47 bits per heavy atom. The fourth-order valence-electron chi connectivity index (χ4n) is 1.29. The van der Waals surface area contributed by atoms with Gasteiger partial charge in [0.2, 0.25) is 0 Å². The molecule has 17 heavy (non-hydrogen) atoms. The van der Waals surface area contributed by atoms with Crippen molar-refractivity contribution in [2.24, 2.45) is 0 Å². The van der Waals surface area contributed by atoms with Gasteiger partial charge in [-0.1, -0.05) is 23.7 Å². The third kappa shape index (κ3) is 3.17. The van der Waals surface area contributed by atoms with E-state index < -0.39 is 0 Å². The first-order valence-electron chi connectivity index (χ1n) is 5.34. The number of hydrogen-bond donors (Lipinski definition) is 0. The molecule has 0 aliphatic heterocycles. The molecule has 90 valence electrons. The molecule has 0 aromatic carbocycles. The summed E-state index contributed by atoms with van der Waals surface area (Å²) in [4.78, 5) is 8.08. The van der Waals surface area contributed by atoms with E-state index in [-0.39, 0.29) is 6.61 Å². The number of ether oxygens (including phenoxy) is 1. The van der Waals surface area contributed by atoms with Crippen molar-refractivity contribution >= 4 is 11.6 Å². The summed E-state index contributed by atoms with van der Waals surface area (Å²) in [7, 11) is 0. The van der Waals surface area contributed by atoms with Gasteiger partial charge in [-0.15, -0.1) is 0 Å². The van der Waals surface area contributed by atoms with Crippen LogP contribution in [0.3, 0.4) is 0 Å². The van der Waals surface area contributed by atoms with Crippen LogP contribution in [0.1, 0.15) is 25.1 Å². The number of aryl methyl sites for hydroxylation is 1. The summed E-state index contributed by atoms with van der Waals surface area (Å²) in [5, 5.41) is 4.15. The van der Waals surface area contributed by atoms with E-state index >= 15 is 0 Å². The predicted molar refractivity (Wildman–Crippen MR) is 61.9 cm³/mol. The summed E-state index contributed by atoms with van der Waals surface area (Å²) >= 11 is 5.84. The molecule has 0 radical (unpaired) electrons. The van der Waals surface area contributed by atoms with Gasteiger partial charge in [-0.25, -0.2) is 4.98 Å². The van der Waals surface area contributed by atoms with Crippen LogP contribution in [0.5, 0.6) is 5.75 Å². The van der Waals surface area contributed by atoms with Crippen LogP contribution in [0.25, 0.3) is 0 Å². The maximum Gasteiger partial charge on any atom is 0.264 e. The van der Waals surface area contributed by atoms with E-state index in [1.807, 2.05) is 0 Å². The molecule has 0 unspecified atom stereocenters. The van der Waals surface area contributed by atoms with E-state index in [0.29, 0.717) is 22.6 Å². The number of nitrogens with zero attached hydrogens (tertiary/aromatic N) is 3. The molecular formula is C11H12ClN3O2. The van der Waals surface area contributed by atoms with Gasteiger partial charge in [0.25, 0.3) is 5.89 Å². The molecule has 0 saturated carbocycles. The van der Waals surface area contributed by atoms with Crippen molar-refractivity contribution in [2.75, 3.05) is 0 Å². The number of hydrogen-bond acceptors (Lipinski definition) is 5. The van der Waals surface area contributed by atoms with Crippen molar-refractivity contribution in [1.82, 2.24) is 15.1 Å². The first-order valence-corrected chi connectivity index (χ1v) is 5.72. The lowest BCUT2D eigenvalue weighted by Crippen LogP contribution is -1.97. The molecule has 2 rings (SSSR count). The van der Waals surface area contributed by atoms with E-state index in [4.69, 9.17) is 20.9 Å². The van der Waals surface area contributed by atoms with Crippen molar-refractivity contribution in [2.45, 2.75) is 26.4 Å². The molecular weight excluding hydrogens is 242 g/mol. The molecule has 0 spiro atoms. The molecule has 0 bridgehead atoms. The average molecular weight is 254 g/mol. The number of rotatable bonds is 5. The minimum atomic E-state index is 0.197. The van der Waals surface area contributed by atoms with Crippen molar-refractivity contribution in [1.29, 1.82) is 0 Å². The van der Waals surface area contributed by atoms with Crippen LogP contribution in [-0.4, -0.2) is 15.1 Å². The van der Waals surface area contributed by atoms with Crippen LogP contribution in [-0.2, 0) is 13.0 Å². The molecule has 0 fully saturated rings. The Labute approximate surface area is 104 Å². The SMILES string of the molecule is CCCc1noc(COc2cccnc2Cl)n1. The second-order valence-electron chi connectivity index (χ2n) is 3.44. The monoisotopic (exact) mass is 253 g/mol. The van der Waals surface area contributed by atoms with Crippen LogP contribution >= 0.6 is 11.6 Å². The Kier molecular flexibility index (Phi) is 3.93. The smallest absolute Gasteiger partial charge is 0.264 e. The number of pyridine rings is 1. The summed E-state index contributed by atoms with van der Waals surface area (Å²) in [5.41, 5.74) is 0. The Balaban J connectivity index is 1.95. The third-order valence-corrected chi connectivity index (χ3v) is 2.34. The highest BCUT2D eigenvalue weighted by atomic mass is 35.5. The maximum atomic E-state index is 5.84. The molecule has 0 aliphatic rings. The van der Waals surface area contributed by atoms with Gasteiger partial charge in [0.15, 0.2) is 23.3 Å². The van der Waals surface area contributed by atoms with Gasteiger partial charge in [-0.05, 0) is 18.6 Å². The van der Waals surface area contributed by atoms with Gasteiger partial charge < -0.3 is 9.26 Å². The minimum absolute atomic E-state index is 0.197. The summed E-state index contributed by atoms with van der Waals surface area (Å²) in [5.74, 6) is 1.64. The maximum absolute atomic E-state index is 5.84. The second-order valence-corrected chi connectivity index (χ2v) is 3.79. The highest BCUT2D eigenvalue weighted by molar-refractivity contribution is 6.30. The predicted octanol–water partition coefficient (Wildman–Crippen LogP) is 2.65. The molecule has 5 nitrogen and oxygen atoms in total. The van der Waals surface area contributed by atoms with E-state index in [1.165, 1.54) is 0 Å². The molecule has 2 aromatic heterocycles. The van der Waals surface area contributed by atoms with Crippen LogP contribution in [0.15, 0.2) is 22.9 Å². The summed E-state index contributed by atoms with van der Waals surface area (Å²) in [6.45, 7) is 2.25. The van der Waals surface area contributed by atoms with Crippen LogP contribution in [0.2, 0.25) is 5.15 Å². The topological polar surface area (TPSA) is 61.0 Å². The molecule has 0 aliphatic carbocycles. The molecule has 2 heterocycles. The van der Waals surface area contributed by atoms with Crippen molar-refractivity contribution in [3.8, 4) is 5.75 Å². The summed E-state index contributed by atoms with van der Waals surface area (Å²) in [6, 6.07) is 3.48. The van der Waals surface area contributed by atoms with E-state index in [2.05, 4.69) is 22.0 Å². The third-order valence-electron chi connectivity index (χ3n) is 2.06. The largest absolute Gasteiger partial charge is 0.481 e. The van der Waals surface area contributed by atoms with E-state index in [1.54, 1.807) is 18.3 Å². The molecule has 0 saturated heterocycles. The lowest BCUT2D eigenvalue weighted by molar-refractivity contribution is 0.242. The van der Waals surface area contributed by atoms with Gasteiger partial charge in [-0.2, -0.15) is 4.98 Å². The Bertz CT molecular complexity index is 487. The fourth-order valence-corrected chi connectivity index (χ4v) is 1.47. The highest BCUT2D eigenvalue weighted by Crippen LogP contribution is 2.21. The Hall–Kier alpha value is -1.62. The summed E-state index contributed by atoms with van der Waals surface area (Å²) in [6.07, 6.45) is 3.38. The van der Waals surface area contributed by atoms with Crippen molar-refractivity contribution in [3.05, 3.63) is 35.2 Å². The second kappa shape index (κ2) is 5.63. The Morgan fingerprint density at radius 3 is 3.12 bits per heavy atom. The zero-order valence-electron chi connectivity index (χ0n) is 9.39. The van der Waals surface area contributed by atoms with Crippen LogP contribution in [0, 0.1) is 0 Å². The quantitative estimate of drug-likeness (QED) is 0.767. The highest BCUT2D eigenvalue weighted by Gasteiger charge is 2.07. The zero-order chi connectivity index (χ0) is 12.1. The van der Waals surface area contributed by atoms with E-state index in [9.17, 15) is 0 Å². The lowest BCUT2D eigenvalue weighted by Gasteiger charge is -2.03. The first kappa shape index (κ1) is 11.9. The minimum Gasteiger partial charge on any atom is -0.481 e. The van der Waals surface area contributed by atoms with Gasteiger partial charge >= 0.3 is 0 Å². The number of aromatic nitrogens is 3. The van der Waals surface area contributed by atoms with Crippen molar-refractivity contribution in [3.63, 3.8) is 0 Å². The molecule has 6 heteroatoms. The molecule has 0 N–H and O–H groups in total. The van der Waals surface area contributed by atoms with Gasteiger partial charge in [0.05, 0.1) is 0 Å². The number of halogens is 1. The Morgan fingerprint density at radius 2 is 2.35 bits per heavy atom. The normalized spacial score (nSPS) is 10.5. The first-order chi connectivity index (χ1) is 8.29. The fraction of sp³-hybridized carbons (Fsp3) is 0.364. The average Bonchev–Trinajstić information content (AvgIpc) is 2.76. The molecule has 0 amide bonds.